The molecule has 1 aliphatic carbocycles. The van der Waals surface area contributed by atoms with Crippen LogP contribution in [-0.2, 0) is 16.0 Å². The molecule has 0 aromatic heterocycles. The maximum absolute atomic E-state index is 12.7. The Hall–Kier alpha value is -1.90. The Balaban J connectivity index is 1.27. The highest BCUT2D eigenvalue weighted by atomic mass is 16.5. The van der Waals surface area contributed by atoms with Gasteiger partial charge in [-0.3, -0.25) is 9.69 Å². The number of hydrogen-bond donors (Lipinski definition) is 2. The number of carbonyl (C=O) groups is 2. The van der Waals surface area contributed by atoms with Gasteiger partial charge in [-0.15, -0.1) is 0 Å². The number of ether oxygens (including phenoxy) is 1. The van der Waals surface area contributed by atoms with Crippen molar-refractivity contribution in [1.29, 1.82) is 0 Å². The molecule has 1 aromatic rings. The van der Waals surface area contributed by atoms with Crippen molar-refractivity contribution in [3.63, 3.8) is 0 Å². The van der Waals surface area contributed by atoms with Crippen molar-refractivity contribution in [1.82, 2.24) is 4.90 Å². The first-order chi connectivity index (χ1) is 14.5. The summed E-state index contributed by atoms with van der Waals surface area (Å²) in [6.07, 6.45) is 5.69. The lowest BCUT2D eigenvalue weighted by atomic mass is 9.64. The van der Waals surface area contributed by atoms with Crippen molar-refractivity contribution < 1.29 is 29.1 Å². The van der Waals surface area contributed by atoms with Crippen LogP contribution >= 0.6 is 0 Å². The van der Waals surface area contributed by atoms with Crippen LogP contribution in [-0.4, -0.2) is 66.2 Å². The monoisotopic (exact) mass is 415 g/mol. The van der Waals surface area contributed by atoms with Crippen LogP contribution in [0.2, 0.25) is 5.82 Å². The molecular formula is C22H30BNO6. The van der Waals surface area contributed by atoms with E-state index in [1.807, 2.05) is 0 Å². The van der Waals surface area contributed by atoms with E-state index in [0.717, 1.165) is 57.6 Å². The average Bonchev–Trinajstić information content (AvgIpc) is 2.75. The number of carboxylic acid groups (broad SMARTS) is 1. The van der Waals surface area contributed by atoms with Crippen LogP contribution in [0.5, 0.6) is 5.75 Å². The van der Waals surface area contributed by atoms with Gasteiger partial charge in [0.15, 0.2) is 0 Å². The lowest BCUT2D eigenvalue weighted by Gasteiger charge is -2.38. The lowest BCUT2D eigenvalue weighted by molar-refractivity contribution is -0.120. The molecular weight excluding hydrogens is 385 g/mol. The molecule has 30 heavy (non-hydrogen) atoms. The van der Waals surface area contributed by atoms with Crippen molar-refractivity contribution in [2.75, 3.05) is 26.3 Å². The zero-order valence-corrected chi connectivity index (χ0v) is 17.3. The number of morpholine rings is 1. The van der Waals surface area contributed by atoms with E-state index in [4.69, 9.17) is 9.39 Å². The third-order valence-electron chi connectivity index (χ3n) is 6.84. The molecule has 1 aromatic carbocycles. The molecule has 8 heteroatoms. The Bertz CT molecular complexity index is 773. The Morgan fingerprint density at radius 3 is 2.53 bits per heavy atom. The van der Waals surface area contributed by atoms with E-state index in [-0.39, 0.29) is 29.3 Å². The summed E-state index contributed by atoms with van der Waals surface area (Å²) in [5.41, 5.74) is 0.789. The predicted octanol–water partition coefficient (Wildman–Crippen LogP) is 2.41. The molecule has 0 radical (unpaired) electrons. The van der Waals surface area contributed by atoms with Gasteiger partial charge in [-0.1, -0.05) is 12.1 Å². The summed E-state index contributed by atoms with van der Waals surface area (Å²) in [7, 11) is -1.15. The molecule has 3 aliphatic rings. The van der Waals surface area contributed by atoms with E-state index < -0.39 is 13.1 Å². The lowest BCUT2D eigenvalue weighted by Crippen LogP contribution is -2.45. The summed E-state index contributed by atoms with van der Waals surface area (Å²) in [5.74, 6) is -0.611. The van der Waals surface area contributed by atoms with Crippen LogP contribution in [0.25, 0.3) is 0 Å². The molecule has 7 nitrogen and oxygen atoms in total. The fourth-order valence-corrected chi connectivity index (χ4v) is 5.18. The zero-order valence-electron chi connectivity index (χ0n) is 17.3. The van der Waals surface area contributed by atoms with Crippen LogP contribution in [0.15, 0.2) is 18.2 Å². The number of rotatable bonds is 6. The smallest absolute Gasteiger partial charge is 0.526 e. The second-order valence-electron chi connectivity index (χ2n) is 8.84. The van der Waals surface area contributed by atoms with Gasteiger partial charge in [0.05, 0.1) is 18.8 Å². The number of benzene rings is 1. The molecule has 0 amide bonds. The minimum atomic E-state index is -1.15. The Labute approximate surface area is 177 Å². The van der Waals surface area contributed by atoms with Crippen molar-refractivity contribution in [3.05, 3.63) is 29.3 Å². The van der Waals surface area contributed by atoms with E-state index in [9.17, 15) is 19.7 Å². The van der Waals surface area contributed by atoms with Crippen molar-refractivity contribution >= 4 is 18.9 Å². The second-order valence-corrected chi connectivity index (χ2v) is 8.84. The Kier molecular flexibility index (Phi) is 6.75. The number of nitrogens with zero attached hydrogens (tertiary/aromatic N) is 1. The van der Waals surface area contributed by atoms with Crippen molar-refractivity contribution in [2.45, 2.75) is 56.8 Å². The maximum atomic E-state index is 12.7. The number of fused-ring (bicyclic) bond motifs is 1. The Morgan fingerprint density at radius 2 is 1.83 bits per heavy atom. The molecule has 1 saturated carbocycles. The van der Waals surface area contributed by atoms with Gasteiger partial charge in [-0.2, -0.15) is 0 Å². The number of aromatic carboxylic acids is 1. The molecule has 0 bridgehead atoms. The molecule has 2 fully saturated rings. The fraction of sp³-hybridized carbons (Fsp3) is 0.636. The van der Waals surface area contributed by atoms with E-state index in [2.05, 4.69) is 4.90 Å². The normalized spacial score (nSPS) is 27.2. The van der Waals surface area contributed by atoms with Crippen LogP contribution in [0.3, 0.4) is 0 Å². The van der Waals surface area contributed by atoms with Gasteiger partial charge in [-0.05, 0) is 49.7 Å². The first-order valence-corrected chi connectivity index (χ1v) is 11.0. The zero-order chi connectivity index (χ0) is 21.1. The number of Topliss-reactive ketones (excluding diaryl/α,β-unsaturated/α-hetero) is 1. The van der Waals surface area contributed by atoms with Gasteiger partial charge in [0.25, 0.3) is 0 Å². The molecule has 162 valence electrons. The van der Waals surface area contributed by atoms with Crippen LogP contribution in [0, 0.1) is 5.92 Å². The van der Waals surface area contributed by atoms with Crippen molar-refractivity contribution in [2.24, 2.45) is 5.92 Å². The predicted molar refractivity (Wildman–Crippen MR) is 112 cm³/mol. The molecule has 4 rings (SSSR count). The van der Waals surface area contributed by atoms with Gasteiger partial charge in [0.1, 0.15) is 11.5 Å². The second kappa shape index (κ2) is 9.50. The van der Waals surface area contributed by atoms with Crippen LogP contribution in [0.4, 0.5) is 0 Å². The number of para-hydroxylation sites is 1. The van der Waals surface area contributed by atoms with E-state index in [1.54, 1.807) is 12.1 Å². The van der Waals surface area contributed by atoms with Crippen LogP contribution in [0.1, 0.15) is 54.4 Å². The van der Waals surface area contributed by atoms with E-state index in [1.165, 1.54) is 6.07 Å². The first kappa shape index (κ1) is 21.3. The Morgan fingerprint density at radius 1 is 1.10 bits per heavy atom. The highest BCUT2D eigenvalue weighted by molar-refractivity contribution is 6.47. The largest absolute Gasteiger partial charge is 0.535 e. The number of carbonyl (C=O) groups excluding carboxylic acids is 1. The van der Waals surface area contributed by atoms with E-state index in [0.29, 0.717) is 24.8 Å². The molecule has 0 spiro atoms. The summed E-state index contributed by atoms with van der Waals surface area (Å²) in [5, 5.41) is 19.7. The summed E-state index contributed by atoms with van der Waals surface area (Å²) in [6.45, 7) is 3.67. The van der Waals surface area contributed by atoms with Crippen molar-refractivity contribution in [3.8, 4) is 5.75 Å². The summed E-state index contributed by atoms with van der Waals surface area (Å²) >= 11 is 0. The number of carboxylic acids is 1. The average molecular weight is 415 g/mol. The topological polar surface area (TPSA) is 96.3 Å². The summed E-state index contributed by atoms with van der Waals surface area (Å²) in [4.78, 5) is 26.6. The van der Waals surface area contributed by atoms with Gasteiger partial charge in [0, 0.05) is 37.8 Å². The molecule has 0 unspecified atom stereocenters. The maximum Gasteiger partial charge on any atom is 0.526 e. The molecule has 2 aliphatic heterocycles. The SMILES string of the molecule is O=C(CC1CCC(N2CCOCC2)CC1)C[C@H]1Cc2cccc(C(=O)O)c2OB1O. The number of hydrogen-bond acceptors (Lipinski definition) is 6. The van der Waals surface area contributed by atoms with Gasteiger partial charge >= 0.3 is 13.1 Å². The molecule has 2 heterocycles. The standard InChI is InChI=1S/C22H30BNO6/c25-19(12-15-4-6-18(7-5-15)24-8-10-29-11-9-24)14-17-13-16-2-1-3-20(22(26)27)21(16)30-23(17)28/h1-3,15,17-18,28H,4-14H2,(H,26,27)/t15?,17-,18?/m1/s1. The number of ketones is 1. The highest BCUT2D eigenvalue weighted by Crippen LogP contribution is 2.37. The van der Waals surface area contributed by atoms with E-state index >= 15 is 0 Å². The third-order valence-corrected chi connectivity index (χ3v) is 6.84. The summed E-state index contributed by atoms with van der Waals surface area (Å²) in [6, 6.07) is 5.56. The third kappa shape index (κ3) is 4.87. The van der Waals surface area contributed by atoms with Gasteiger partial charge in [0.2, 0.25) is 0 Å². The first-order valence-electron chi connectivity index (χ1n) is 11.0. The molecule has 1 saturated heterocycles. The minimum absolute atomic E-state index is 0.0494. The van der Waals surface area contributed by atoms with Gasteiger partial charge in [-0.25, -0.2) is 4.79 Å². The fourth-order valence-electron chi connectivity index (χ4n) is 5.18. The van der Waals surface area contributed by atoms with Gasteiger partial charge < -0.3 is 19.5 Å². The minimum Gasteiger partial charge on any atom is -0.535 e. The summed E-state index contributed by atoms with van der Waals surface area (Å²) < 4.78 is 11.0. The molecule has 1 atom stereocenters. The van der Waals surface area contributed by atoms with Crippen LogP contribution < -0.4 is 4.65 Å². The quantitative estimate of drug-likeness (QED) is 0.689. The highest BCUT2D eigenvalue weighted by Gasteiger charge is 2.38. The molecule has 2 N–H and O–H groups in total.